The molecule has 0 aliphatic carbocycles. The predicted octanol–water partition coefficient (Wildman–Crippen LogP) is 2.40. The van der Waals surface area contributed by atoms with Gasteiger partial charge in [-0.3, -0.25) is 10.1 Å². The zero-order valence-corrected chi connectivity index (χ0v) is 14.9. The Hall–Kier alpha value is -2.52. The molecule has 0 atom stereocenters. The third-order valence-electron chi connectivity index (χ3n) is 4.36. The van der Waals surface area contributed by atoms with Crippen molar-refractivity contribution in [3.8, 4) is 0 Å². The Labute approximate surface area is 152 Å². The summed E-state index contributed by atoms with van der Waals surface area (Å²) < 4.78 is 26.6. The maximum atomic E-state index is 12.6. The van der Waals surface area contributed by atoms with E-state index in [4.69, 9.17) is 0 Å². The van der Waals surface area contributed by atoms with Crippen molar-refractivity contribution in [1.29, 1.82) is 0 Å². The topological polar surface area (TPSA) is 105 Å². The van der Waals surface area contributed by atoms with Gasteiger partial charge in [0.15, 0.2) is 0 Å². The minimum Gasteiger partial charge on any atom is -0.362 e. The van der Waals surface area contributed by atoms with Gasteiger partial charge in [-0.25, -0.2) is 17.7 Å². The maximum absolute atomic E-state index is 12.6. The van der Waals surface area contributed by atoms with Crippen LogP contribution in [0.15, 0.2) is 48.7 Å². The summed E-state index contributed by atoms with van der Waals surface area (Å²) in [5.74, 6) is 0.209. The van der Waals surface area contributed by atoms with Gasteiger partial charge in [0.1, 0.15) is 0 Å². The summed E-state index contributed by atoms with van der Waals surface area (Å²) in [5.41, 5.74) is 0.684. The molecule has 1 fully saturated rings. The molecule has 1 aliphatic rings. The van der Waals surface area contributed by atoms with Gasteiger partial charge < -0.3 is 5.32 Å². The van der Waals surface area contributed by atoms with Crippen molar-refractivity contribution in [3.05, 3.63) is 64.3 Å². The lowest BCUT2D eigenvalue weighted by Gasteiger charge is -2.31. The molecule has 0 spiro atoms. The van der Waals surface area contributed by atoms with Crippen LogP contribution in [0.4, 0.5) is 11.5 Å². The van der Waals surface area contributed by atoms with E-state index in [1.165, 1.54) is 22.6 Å². The van der Waals surface area contributed by atoms with Gasteiger partial charge in [-0.15, -0.1) is 0 Å². The van der Waals surface area contributed by atoms with E-state index in [1.54, 1.807) is 12.1 Å². The van der Waals surface area contributed by atoms with E-state index in [2.05, 4.69) is 10.3 Å². The van der Waals surface area contributed by atoms with Crippen LogP contribution in [0.1, 0.15) is 18.4 Å². The molecule has 1 saturated heterocycles. The highest BCUT2D eigenvalue weighted by molar-refractivity contribution is 7.88. The summed E-state index contributed by atoms with van der Waals surface area (Å²) in [6.45, 7) is 0.765. The molecule has 138 valence electrons. The number of benzene rings is 1. The highest BCUT2D eigenvalue weighted by Crippen LogP contribution is 2.25. The number of rotatable bonds is 6. The van der Waals surface area contributed by atoms with Gasteiger partial charge in [-0.1, -0.05) is 30.3 Å². The molecule has 9 heteroatoms. The average Bonchev–Trinajstić information content (AvgIpc) is 2.63. The quantitative estimate of drug-likeness (QED) is 0.613. The van der Waals surface area contributed by atoms with Crippen LogP contribution in [-0.4, -0.2) is 41.8 Å². The Kier molecular flexibility index (Phi) is 5.48. The monoisotopic (exact) mass is 376 g/mol. The molecular weight excluding hydrogens is 356 g/mol. The highest BCUT2D eigenvalue weighted by atomic mass is 32.2. The van der Waals surface area contributed by atoms with Crippen molar-refractivity contribution in [2.24, 2.45) is 0 Å². The second kappa shape index (κ2) is 7.79. The second-order valence-corrected chi connectivity index (χ2v) is 8.16. The molecule has 0 saturated carbocycles. The molecule has 0 amide bonds. The number of piperidine rings is 1. The van der Waals surface area contributed by atoms with Gasteiger partial charge in [-0.05, 0) is 24.5 Å². The third kappa shape index (κ3) is 4.36. The first-order chi connectivity index (χ1) is 12.5. The first kappa shape index (κ1) is 18.3. The van der Waals surface area contributed by atoms with Crippen LogP contribution < -0.4 is 5.32 Å². The number of pyridine rings is 1. The lowest BCUT2D eigenvalue weighted by molar-refractivity contribution is -0.384. The molecular formula is C17H20N4O4S. The zero-order chi connectivity index (χ0) is 18.6. The van der Waals surface area contributed by atoms with Crippen LogP contribution in [-0.2, 0) is 15.8 Å². The Bertz CT molecular complexity index is 865. The van der Waals surface area contributed by atoms with E-state index in [-0.39, 0.29) is 23.3 Å². The maximum Gasteiger partial charge on any atom is 0.311 e. The number of hydrogen-bond donors (Lipinski definition) is 1. The minimum absolute atomic E-state index is 0.0162. The standard InChI is InChI=1S/C17H20N4O4S/c22-21(23)16-7-4-10-18-17(16)19-15-8-11-20(12-9-15)26(24,25)13-14-5-2-1-3-6-14/h1-7,10,15H,8-9,11-13H2,(H,18,19). The smallest absolute Gasteiger partial charge is 0.311 e. The summed E-state index contributed by atoms with van der Waals surface area (Å²) in [5, 5.41) is 14.1. The normalized spacial score (nSPS) is 16.3. The van der Waals surface area contributed by atoms with Crippen LogP contribution in [0.3, 0.4) is 0 Å². The van der Waals surface area contributed by atoms with E-state index in [0.29, 0.717) is 25.9 Å². The number of anilines is 1. The molecule has 0 unspecified atom stereocenters. The van der Waals surface area contributed by atoms with Crippen LogP contribution in [0, 0.1) is 10.1 Å². The van der Waals surface area contributed by atoms with E-state index in [1.807, 2.05) is 18.2 Å². The van der Waals surface area contributed by atoms with E-state index < -0.39 is 14.9 Å². The Balaban J connectivity index is 1.60. The fourth-order valence-corrected chi connectivity index (χ4v) is 4.57. The van der Waals surface area contributed by atoms with Crippen molar-refractivity contribution in [2.75, 3.05) is 18.4 Å². The number of nitrogens with one attached hydrogen (secondary N) is 1. The molecule has 2 heterocycles. The van der Waals surface area contributed by atoms with E-state index >= 15 is 0 Å². The fourth-order valence-electron chi connectivity index (χ4n) is 3.00. The fraction of sp³-hybridized carbons (Fsp3) is 0.353. The van der Waals surface area contributed by atoms with Gasteiger partial charge >= 0.3 is 5.69 Å². The Morgan fingerprint density at radius 3 is 2.50 bits per heavy atom. The van der Waals surface area contributed by atoms with Crippen molar-refractivity contribution < 1.29 is 13.3 Å². The van der Waals surface area contributed by atoms with Crippen LogP contribution in [0.2, 0.25) is 0 Å². The van der Waals surface area contributed by atoms with Gasteiger partial charge in [0.25, 0.3) is 0 Å². The molecule has 0 radical (unpaired) electrons. The average molecular weight is 376 g/mol. The summed E-state index contributed by atoms with van der Waals surface area (Å²) in [6, 6.07) is 12.0. The number of sulfonamides is 1. The molecule has 1 N–H and O–H groups in total. The lowest BCUT2D eigenvalue weighted by Crippen LogP contribution is -2.42. The number of aromatic nitrogens is 1. The van der Waals surface area contributed by atoms with Gasteiger partial charge in [0.05, 0.1) is 10.7 Å². The largest absolute Gasteiger partial charge is 0.362 e. The lowest BCUT2D eigenvalue weighted by atomic mass is 10.1. The molecule has 8 nitrogen and oxygen atoms in total. The van der Waals surface area contributed by atoms with Crippen molar-refractivity contribution in [1.82, 2.24) is 9.29 Å². The van der Waals surface area contributed by atoms with Crippen molar-refractivity contribution in [3.63, 3.8) is 0 Å². The summed E-state index contributed by atoms with van der Waals surface area (Å²) in [6.07, 6.45) is 2.64. The highest BCUT2D eigenvalue weighted by Gasteiger charge is 2.29. The Morgan fingerprint density at radius 1 is 1.15 bits per heavy atom. The second-order valence-electron chi connectivity index (χ2n) is 6.19. The molecule has 1 aromatic carbocycles. The molecule has 1 aliphatic heterocycles. The first-order valence-electron chi connectivity index (χ1n) is 8.33. The van der Waals surface area contributed by atoms with Gasteiger partial charge in [0, 0.05) is 31.4 Å². The summed E-state index contributed by atoms with van der Waals surface area (Å²) in [7, 11) is -3.37. The number of hydrogen-bond acceptors (Lipinski definition) is 6. The summed E-state index contributed by atoms with van der Waals surface area (Å²) >= 11 is 0. The molecule has 1 aromatic heterocycles. The molecule has 0 bridgehead atoms. The molecule has 26 heavy (non-hydrogen) atoms. The SMILES string of the molecule is O=[N+]([O-])c1cccnc1NC1CCN(S(=O)(=O)Cc2ccccc2)CC1. The van der Waals surface area contributed by atoms with Crippen molar-refractivity contribution >= 4 is 21.5 Å². The molecule has 2 aromatic rings. The van der Waals surface area contributed by atoms with Crippen LogP contribution >= 0.6 is 0 Å². The third-order valence-corrected chi connectivity index (χ3v) is 6.21. The van der Waals surface area contributed by atoms with Crippen LogP contribution in [0.5, 0.6) is 0 Å². The summed E-state index contributed by atoms with van der Waals surface area (Å²) in [4.78, 5) is 14.6. The Morgan fingerprint density at radius 2 is 1.85 bits per heavy atom. The van der Waals surface area contributed by atoms with Gasteiger partial charge in [-0.2, -0.15) is 0 Å². The van der Waals surface area contributed by atoms with Crippen molar-refractivity contribution in [2.45, 2.75) is 24.6 Å². The zero-order valence-electron chi connectivity index (χ0n) is 14.1. The predicted molar refractivity (Wildman–Crippen MR) is 98.2 cm³/mol. The van der Waals surface area contributed by atoms with E-state index in [9.17, 15) is 18.5 Å². The number of nitrogens with zero attached hydrogens (tertiary/aromatic N) is 3. The molecule has 3 rings (SSSR count). The van der Waals surface area contributed by atoms with Gasteiger partial charge in [0.2, 0.25) is 15.8 Å². The number of nitro groups is 1. The first-order valence-corrected chi connectivity index (χ1v) is 9.94. The van der Waals surface area contributed by atoms with E-state index in [0.717, 1.165) is 5.56 Å². The minimum atomic E-state index is -3.37. The van der Waals surface area contributed by atoms with Crippen LogP contribution in [0.25, 0.3) is 0 Å².